The van der Waals surface area contributed by atoms with Crippen LogP contribution in [0.1, 0.15) is 6.92 Å². The lowest BCUT2D eigenvalue weighted by Crippen LogP contribution is -2.34. The number of carboxylic acids is 1. The summed E-state index contributed by atoms with van der Waals surface area (Å²) in [5.74, 6) is -1.12. The standard InChI is InChI=1S/C6H8N2O3S/c1-3(9)7-6-8-4(2-12-6)5(10)11/h4H,2H2,1H3,(H,10,11)(H,7,8,9)/p-1/t4-/m1/s1. The zero-order valence-corrected chi connectivity index (χ0v) is 7.18. The molecular weight excluding hydrogens is 180 g/mol. The van der Waals surface area contributed by atoms with E-state index in [0.717, 1.165) is 0 Å². The van der Waals surface area contributed by atoms with Gasteiger partial charge in [-0.3, -0.25) is 9.79 Å². The smallest absolute Gasteiger partial charge is 0.222 e. The number of hydrogen-bond donors (Lipinski definition) is 1. The summed E-state index contributed by atoms with van der Waals surface area (Å²) in [7, 11) is 0. The van der Waals surface area contributed by atoms with E-state index in [9.17, 15) is 14.7 Å². The number of thioether (sulfide) groups is 1. The molecule has 0 bridgehead atoms. The molecule has 6 heteroatoms. The van der Waals surface area contributed by atoms with Crippen LogP contribution in [-0.4, -0.2) is 28.8 Å². The van der Waals surface area contributed by atoms with Crippen LogP contribution >= 0.6 is 11.8 Å². The quantitative estimate of drug-likeness (QED) is 0.533. The monoisotopic (exact) mass is 187 g/mol. The molecule has 1 aliphatic rings. The van der Waals surface area contributed by atoms with E-state index in [0.29, 0.717) is 10.9 Å². The minimum absolute atomic E-state index is 0.250. The molecule has 0 spiro atoms. The molecule has 12 heavy (non-hydrogen) atoms. The van der Waals surface area contributed by atoms with Crippen LogP contribution in [0.25, 0.3) is 0 Å². The van der Waals surface area contributed by atoms with Gasteiger partial charge in [-0.25, -0.2) is 0 Å². The first kappa shape index (κ1) is 9.05. The largest absolute Gasteiger partial charge is 0.548 e. The highest BCUT2D eigenvalue weighted by atomic mass is 32.2. The van der Waals surface area contributed by atoms with Gasteiger partial charge in [-0.1, -0.05) is 11.8 Å². The van der Waals surface area contributed by atoms with E-state index < -0.39 is 12.0 Å². The summed E-state index contributed by atoms with van der Waals surface area (Å²) in [6.45, 7) is 1.34. The zero-order chi connectivity index (χ0) is 9.14. The van der Waals surface area contributed by atoms with Gasteiger partial charge in [-0.2, -0.15) is 0 Å². The Balaban J connectivity index is 2.54. The van der Waals surface area contributed by atoms with Crippen LogP contribution in [0.5, 0.6) is 0 Å². The lowest BCUT2D eigenvalue weighted by Gasteiger charge is -2.03. The van der Waals surface area contributed by atoms with Crippen molar-refractivity contribution in [3.8, 4) is 0 Å². The maximum Gasteiger partial charge on any atom is 0.222 e. The second kappa shape index (κ2) is 3.57. The van der Waals surface area contributed by atoms with E-state index in [1.165, 1.54) is 18.7 Å². The van der Waals surface area contributed by atoms with E-state index in [-0.39, 0.29) is 5.91 Å². The Morgan fingerprint density at radius 1 is 1.75 bits per heavy atom. The van der Waals surface area contributed by atoms with Gasteiger partial charge in [0.25, 0.3) is 0 Å². The SMILES string of the molecule is CC(=O)NC1=N[C@@H](C(=O)[O-])CS1. The van der Waals surface area contributed by atoms with Crippen molar-refractivity contribution >= 4 is 28.8 Å². The molecule has 1 atom stereocenters. The van der Waals surface area contributed by atoms with Gasteiger partial charge in [0.2, 0.25) is 5.91 Å². The summed E-state index contributed by atoms with van der Waals surface area (Å²) in [6.07, 6.45) is 0. The fourth-order valence-electron chi connectivity index (χ4n) is 0.714. The Bertz CT molecular complexity index is 251. The summed E-state index contributed by atoms with van der Waals surface area (Å²) in [6, 6.07) is -0.822. The number of aliphatic carboxylic acids is 1. The Kier molecular flexibility index (Phi) is 2.69. The van der Waals surface area contributed by atoms with Gasteiger partial charge >= 0.3 is 0 Å². The van der Waals surface area contributed by atoms with E-state index in [4.69, 9.17) is 0 Å². The summed E-state index contributed by atoms with van der Waals surface area (Å²) in [5.41, 5.74) is 0. The van der Waals surface area contributed by atoms with Crippen molar-refractivity contribution in [1.82, 2.24) is 5.32 Å². The number of amides is 1. The second-order valence-electron chi connectivity index (χ2n) is 2.26. The molecule has 0 aromatic rings. The third-order valence-corrected chi connectivity index (χ3v) is 2.17. The lowest BCUT2D eigenvalue weighted by atomic mass is 10.4. The third kappa shape index (κ3) is 2.23. The fourth-order valence-corrected chi connectivity index (χ4v) is 1.66. The topological polar surface area (TPSA) is 81.6 Å². The third-order valence-electron chi connectivity index (χ3n) is 1.21. The highest BCUT2D eigenvalue weighted by Crippen LogP contribution is 2.15. The molecule has 0 unspecified atom stereocenters. The van der Waals surface area contributed by atoms with Gasteiger partial charge in [-0.05, 0) is 0 Å². The molecule has 1 N–H and O–H groups in total. The molecule has 1 rings (SSSR count). The Labute approximate surface area is 73.2 Å². The minimum Gasteiger partial charge on any atom is -0.548 e. The van der Waals surface area contributed by atoms with Crippen LogP contribution in [-0.2, 0) is 9.59 Å². The number of aliphatic imine (C=N–C) groups is 1. The molecule has 0 aliphatic carbocycles. The van der Waals surface area contributed by atoms with Crippen LogP contribution in [0.15, 0.2) is 4.99 Å². The van der Waals surface area contributed by atoms with Crippen molar-refractivity contribution in [2.45, 2.75) is 13.0 Å². The van der Waals surface area contributed by atoms with Gasteiger partial charge in [0.1, 0.15) is 6.04 Å². The zero-order valence-electron chi connectivity index (χ0n) is 6.36. The number of carboxylic acid groups (broad SMARTS) is 1. The number of rotatable bonds is 1. The molecule has 0 fully saturated rings. The van der Waals surface area contributed by atoms with Crippen LogP contribution < -0.4 is 10.4 Å². The number of nitrogens with one attached hydrogen (secondary N) is 1. The predicted molar refractivity (Wildman–Crippen MR) is 42.5 cm³/mol. The molecule has 0 saturated carbocycles. The Morgan fingerprint density at radius 3 is 2.83 bits per heavy atom. The van der Waals surface area contributed by atoms with Crippen molar-refractivity contribution < 1.29 is 14.7 Å². The van der Waals surface area contributed by atoms with Crippen molar-refractivity contribution in [3.63, 3.8) is 0 Å². The highest BCUT2D eigenvalue weighted by molar-refractivity contribution is 8.14. The van der Waals surface area contributed by atoms with Gasteiger partial charge in [0.05, 0.1) is 5.97 Å². The summed E-state index contributed by atoms with van der Waals surface area (Å²) in [4.78, 5) is 24.5. The van der Waals surface area contributed by atoms with E-state index >= 15 is 0 Å². The molecule has 0 aromatic heterocycles. The van der Waals surface area contributed by atoms with E-state index in [2.05, 4.69) is 10.3 Å². The predicted octanol–water partition coefficient (Wildman–Crippen LogP) is -1.66. The fraction of sp³-hybridized carbons (Fsp3) is 0.500. The number of carbonyl (C=O) groups is 2. The van der Waals surface area contributed by atoms with Crippen LogP contribution in [0, 0.1) is 0 Å². The highest BCUT2D eigenvalue weighted by Gasteiger charge is 2.19. The lowest BCUT2D eigenvalue weighted by molar-refractivity contribution is -0.306. The molecule has 1 aliphatic heterocycles. The normalized spacial score (nSPS) is 21.8. The second-order valence-corrected chi connectivity index (χ2v) is 3.27. The van der Waals surface area contributed by atoms with Gasteiger partial charge in [0.15, 0.2) is 5.17 Å². The van der Waals surface area contributed by atoms with Gasteiger partial charge in [0, 0.05) is 12.7 Å². The van der Waals surface area contributed by atoms with Gasteiger partial charge < -0.3 is 15.2 Å². The molecular formula is C6H7N2O3S-. The van der Waals surface area contributed by atoms with Crippen molar-refractivity contribution in [2.24, 2.45) is 4.99 Å². The first-order valence-corrected chi connectivity index (χ1v) is 4.27. The number of amidine groups is 1. The molecule has 1 amide bonds. The summed E-state index contributed by atoms with van der Waals surface area (Å²) in [5, 5.41) is 13.1. The number of nitrogens with zero attached hydrogens (tertiary/aromatic N) is 1. The first-order valence-electron chi connectivity index (χ1n) is 3.28. The Hall–Kier alpha value is -1.04. The van der Waals surface area contributed by atoms with E-state index in [1.54, 1.807) is 0 Å². The summed E-state index contributed by atoms with van der Waals surface area (Å²) >= 11 is 1.20. The molecule has 0 saturated heterocycles. The average molecular weight is 187 g/mol. The molecule has 1 heterocycles. The number of hydrogen-bond acceptors (Lipinski definition) is 5. The average Bonchev–Trinajstić information content (AvgIpc) is 2.34. The van der Waals surface area contributed by atoms with Crippen molar-refractivity contribution in [1.29, 1.82) is 0 Å². The molecule has 66 valence electrons. The minimum atomic E-state index is -1.21. The van der Waals surface area contributed by atoms with Crippen LogP contribution in [0.3, 0.4) is 0 Å². The first-order chi connectivity index (χ1) is 5.59. The van der Waals surface area contributed by atoms with Crippen LogP contribution in [0.4, 0.5) is 0 Å². The van der Waals surface area contributed by atoms with Crippen molar-refractivity contribution in [2.75, 3.05) is 5.75 Å². The van der Waals surface area contributed by atoms with Crippen molar-refractivity contribution in [3.05, 3.63) is 0 Å². The van der Waals surface area contributed by atoms with E-state index in [1.807, 2.05) is 0 Å². The maximum atomic E-state index is 10.5. The maximum absolute atomic E-state index is 10.5. The van der Waals surface area contributed by atoms with Gasteiger partial charge in [-0.15, -0.1) is 0 Å². The Morgan fingerprint density at radius 2 is 2.42 bits per heavy atom. The molecule has 5 nitrogen and oxygen atoms in total. The van der Waals surface area contributed by atoms with Crippen LogP contribution in [0.2, 0.25) is 0 Å². The molecule has 0 aromatic carbocycles. The number of carbonyl (C=O) groups excluding carboxylic acids is 2. The molecule has 0 radical (unpaired) electrons. The summed E-state index contributed by atoms with van der Waals surface area (Å²) < 4.78 is 0.